The van der Waals surface area contributed by atoms with Crippen molar-refractivity contribution in [1.29, 1.82) is 0 Å². The summed E-state index contributed by atoms with van der Waals surface area (Å²) in [6.07, 6.45) is 0.189. The van der Waals surface area contributed by atoms with E-state index in [4.69, 9.17) is 4.74 Å². The molecular weight excluding hydrogens is 450 g/mol. The molecule has 35 heavy (non-hydrogen) atoms. The average Bonchev–Trinajstić information content (AvgIpc) is 2.86. The number of hydrogen-bond acceptors (Lipinski definition) is 4. The predicted octanol–water partition coefficient (Wildman–Crippen LogP) is 6.03. The Morgan fingerprint density at radius 2 is 1.54 bits per heavy atom. The molecule has 0 saturated carbocycles. The highest BCUT2D eigenvalue weighted by atomic mass is 19.1. The van der Waals surface area contributed by atoms with Crippen molar-refractivity contribution in [1.82, 2.24) is 4.98 Å². The minimum absolute atomic E-state index is 0.0525. The molecule has 0 spiro atoms. The molecule has 0 aliphatic carbocycles. The molecule has 7 heteroatoms. The number of amides is 1. The number of aromatic nitrogens is 1. The zero-order chi connectivity index (χ0) is 24.9. The third-order valence-electron chi connectivity index (χ3n) is 5.30. The first kappa shape index (κ1) is 23.8. The monoisotopic (exact) mass is 472 g/mol. The van der Waals surface area contributed by atoms with Crippen molar-refractivity contribution in [3.05, 3.63) is 119 Å². The van der Waals surface area contributed by atoms with Gasteiger partial charge in [0.25, 0.3) is 5.91 Å². The molecule has 0 N–H and O–H groups in total. The molecule has 1 atom stereocenters. The Bertz CT molecular complexity index is 1340. The van der Waals surface area contributed by atoms with Crippen LogP contribution in [0.15, 0.2) is 91.1 Å². The average molecular weight is 472 g/mol. The van der Waals surface area contributed by atoms with Crippen LogP contribution in [0.4, 0.5) is 20.3 Å². The van der Waals surface area contributed by atoms with Crippen LogP contribution in [-0.2, 0) is 4.79 Å². The highest BCUT2D eigenvalue weighted by Gasteiger charge is 2.30. The van der Waals surface area contributed by atoms with Gasteiger partial charge in [0.05, 0.1) is 0 Å². The maximum absolute atomic E-state index is 14.7. The number of carbonyl (C=O) groups is 2. The first-order chi connectivity index (χ1) is 16.8. The van der Waals surface area contributed by atoms with Gasteiger partial charge in [0.1, 0.15) is 28.9 Å². The summed E-state index contributed by atoms with van der Waals surface area (Å²) in [5.74, 6) is -2.50. The fourth-order valence-electron chi connectivity index (χ4n) is 3.58. The molecule has 0 radical (unpaired) electrons. The first-order valence-electron chi connectivity index (χ1n) is 10.9. The summed E-state index contributed by atoms with van der Waals surface area (Å²) in [7, 11) is 0. The molecule has 1 heterocycles. The molecule has 4 aromatic rings. The Morgan fingerprint density at radius 3 is 2.17 bits per heavy atom. The van der Waals surface area contributed by atoms with Gasteiger partial charge in [-0.2, -0.15) is 0 Å². The van der Waals surface area contributed by atoms with E-state index in [-0.39, 0.29) is 17.2 Å². The molecule has 0 aliphatic rings. The molecule has 5 nitrogen and oxygen atoms in total. The number of hydrogen-bond donors (Lipinski definition) is 0. The van der Waals surface area contributed by atoms with Crippen LogP contribution < -0.4 is 9.64 Å². The minimum atomic E-state index is -1.09. The van der Waals surface area contributed by atoms with E-state index < -0.39 is 29.3 Å². The van der Waals surface area contributed by atoms with E-state index in [1.54, 1.807) is 48.5 Å². The maximum Gasteiger partial charge on any atom is 0.273 e. The highest BCUT2D eigenvalue weighted by molar-refractivity contribution is 6.09. The standard InChI is InChI=1S/C28H22F2N2O3/c1-18-8-6-9-20(16-18)27(33)21-14-15-25(31-17-21)32(26-23(29)12-7-13-24(26)30)28(34)19(2)35-22-10-4-3-5-11-22/h3-17,19H,1-2H3. The molecular formula is C28H22F2N2O3. The van der Waals surface area contributed by atoms with Crippen molar-refractivity contribution < 1.29 is 23.1 Å². The van der Waals surface area contributed by atoms with Gasteiger partial charge in [0.2, 0.25) is 0 Å². The summed E-state index contributed by atoms with van der Waals surface area (Å²) in [6.45, 7) is 3.36. The number of ketones is 1. The van der Waals surface area contributed by atoms with Crippen molar-refractivity contribution in [2.45, 2.75) is 20.0 Å². The molecule has 0 fully saturated rings. The van der Waals surface area contributed by atoms with E-state index in [0.717, 1.165) is 22.6 Å². The van der Waals surface area contributed by atoms with Crippen LogP contribution >= 0.6 is 0 Å². The number of aryl methyl sites for hydroxylation is 1. The molecule has 4 rings (SSSR count). The van der Waals surface area contributed by atoms with Gasteiger partial charge >= 0.3 is 0 Å². The van der Waals surface area contributed by atoms with E-state index in [1.165, 1.54) is 31.3 Å². The fraction of sp³-hybridized carbons (Fsp3) is 0.107. The van der Waals surface area contributed by atoms with Crippen LogP contribution in [0.25, 0.3) is 0 Å². The van der Waals surface area contributed by atoms with Gasteiger partial charge in [-0.15, -0.1) is 0 Å². The van der Waals surface area contributed by atoms with E-state index in [0.29, 0.717) is 11.3 Å². The number of carbonyl (C=O) groups excluding carboxylic acids is 2. The van der Waals surface area contributed by atoms with E-state index >= 15 is 0 Å². The van der Waals surface area contributed by atoms with Crippen LogP contribution in [0.1, 0.15) is 28.4 Å². The molecule has 3 aromatic carbocycles. The molecule has 176 valence electrons. The largest absolute Gasteiger partial charge is 0.481 e. The third kappa shape index (κ3) is 5.24. The van der Waals surface area contributed by atoms with E-state index in [2.05, 4.69) is 4.98 Å². The number of anilines is 2. The smallest absolute Gasteiger partial charge is 0.273 e. The van der Waals surface area contributed by atoms with Gasteiger partial charge < -0.3 is 4.74 Å². The van der Waals surface area contributed by atoms with Crippen LogP contribution in [-0.4, -0.2) is 22.8 Å². The second-order valence-corrected chi connectivity index (χ2v) is 7.92. The number of ether oxygens (including phenoxy) is 1. The zero-order valence-electron chi connectivity index (χ0n) is 19.1. The lowest BCUT2D eigenvalue weighted by molar-refractivity contribution is -0.123. The number of rotatable bonds is 7. The molecule has 1 amide bonds. The Balaban J connectivity index is 1.70. The van der Waals surface area contributed by atoms with E-state index in [1.807, 2.05) is 13.0 Å². The lowest BCUT2D eigenvalue weighted by Crippen LogP contribution is -2.39. The van der Waals surface area contributed by atoms with Crippen LogP contribution in [0.5, 0.6) is 5.75 Å². The number of benzene rings is 3. The van der Waals surface area contributed by atoms with Gasteiger partial charge in [-0.05, 0) is 56.3 Å². The Kier molecular flexibility index (Phi) is 6.96. The van der Waals surface area contributed by atoms with Crippen molar-refractivity contribution in [2.75, 3.05) is 4.90 Å². The number of pyridine rings is 1. The fourth-order valence-corrected chi connectivity index (χ4v) is 3.58. The number of para-hydroxylation sites is 2. The highest BCUT2D eigenvalue weighted by Crippen LogP contribution is 2.31. The first-order valence-corrected chi connectivity index (χ1v) is 10.9. The van der Waals surface area contributed by atoms with Crippen molar-refractivity contribution in [2.24, 2.45) is 0 Å². The van der Waals surface area contributed by atoms with Gasteiger partial charge in [-0.25, -0.2) is 13.8 Å². The minimum Gasteiger partial charge on any atom is -0.481 e. The summed E-state index contributed by atoms with van der Waals surface area (Å²) < 4.78 is 35.2. The summed E-state index contributed by atoms with van der Waals surface area (Å²) in [5, 5.41) is 0. The van der Waals surface area contributed by atoms with Crippen molar-refractivity contribution >= 4 is 23.2 Å². The van der Waals surface area contributed by atoms with E-state index in [9.17, 15) is 18.4 Å². The van der Waals surface area contributed by atoms with Crippen LogP contribution in [0.3, 0.4) is 0 Å². The molecule has 1 aromatic heterocycles. The lowest BCUT2D eigenvalue weighted by Gasteiger charge is -2.26. The quantitative estimate of drug-likeness (QED) is 0.308. The second kappa shape index (κ2) is 10.3. The molecule has 1 unspecified atom stereocenters. The summed E-state index contributed by atoms with van der Waals surface area (Å²) >= 11 is 0. The lowest BCUT2D eigenvalue weighted by atomic mass is 10.0. The summed E-state index contributed by atoms with van der Waals surface area (Å²) in [4.78, 5) is 31.3. The SMILES string of the molecule is Cc1cccc(C(=O)c2ccc(N(C(=O)C(C)Oc3ccccc3)c3c(F)cccc3F)nc2)c1. The van der Waals surface area contributed by atoms with Crippen molar-refractivity contribution in [3.8, 4) is 5.75 Å². The van der Waals surface area contributed by atoms with Gasteiger partial charge in [-0.3, -0.25) is 14.5 Å². The normalized spacial score (nSPS) is 11.5. The molecule has 0 saturated heterocycles. The van der Waals surface area contributed by atoms with Gasteiger partial charge in [-0.1, -0.05) is 48.0 Å². The maximum atomic E-state index is 14.7. The number of halogens is 2. The predicted molar refractivity (Wildman–Crippen MR) is 129 cm³/mol. The van der Waals surface area contributed by atoms with Crippen molar-refractivity contribution in [3.63, 3.8) is 0 Å². The Hall–Kier alpha value is -4.39. The Morgan fingerprint density at radius 1 is 0.857 bits per heavy atom. The summed E-state index contributed by atoms with van der Waals surface area (Å²) in [5.41, 5.74) is 1.11. The molecule has 0 aliphatic heterocycles. The van der Waals surface area contributed by atoms with Gasteiger partial charge in [0.15, 0.2) is 11.9 Å². The number of nitrogens with zero attached hydrogens (tertiary/aromatic N) is 2. The van der Waals surface area contributed by atoms with Crippen LogP contribution in [0, 0.1) is 18.6 Å². The summed E-state index contributed by atoms with van der Waals surface area (Å²) in [6, 6.07) is 21.9. The zero-order valence-corrected chi connectivity index (χ0v) is 19.1. The Labute approximate surface area is 201 Å². The second-order valence-electron chi connectivity index (χ2n) is 7.92. The third-order valence-corrected chi connectivity index (χ3v) is 5.30. The van der Waals surface area contributed by atoms with Gasteiger partial charge in [0, 0.05) is 17.3 Å². The van der Waals surface area contributed by atoms with Crippen LogP contribution in [0.2, 0.25) is 0 Å². The topological polar surface area (TPSA) is 59.5 Å². The molecule has 0 bridgehead atoms.